The zero-order valence-electron chi connectivity index (χ0n) is 16.1. The van der Waals surface area contributed by atoms with Gasteiger partial charge in [0, 0.05) is 58.4 Å². The van der Waals surface area contributed by atoms with Gasteiger partial charge < -0.3 is 19.6 Å². The van der Waals surface area contributed by atoms with E-state index in [0.29, 0.717) is 18.8 Å². The van der Waals surface area contributed by atoms with Gasteiger partial charge in [-0.1, -0.05) is 23.7 Å². The summed E-state index contributed by atoms with van der Waals surface area (Å²) in [4.78, 5) is 30.2. The molecule has 0 bridgehead atoms. The quantitative estimate of drug-likeness (QED) is 0.783. The van der Waals surface area contributed by atoms with Crippen LogP contribution in [0.4, 0.5) is 11.5 Å². The predicted octanol–water partition coefficient (Wildman–Crippen LogP) is 1.84. The monoisotopic (exact) mass is 400 g/mol. The second-order valence-corrected chi connectivity index (χ2v) is 7.69. The second kappa shape index (κ2) is 8.32. The van der Waals surface area contributed by atoms with Crippen molar-refractivity contribution in [3.8, 4) is 0 Å². The third kappa shape index (κ3) is 4.05. The van der Waals surface area contributed by atoms with Crippen LogP contribution in [0.15, 0.2) is 36.7 Å². The fourth-order valence-corrected chi connectivity index (χ4v) is 3.95. The maximum atomic E-state index is 13.0. The Labute approximate surface area is 170 Å². The Morgan fingerprint density at radius 3 is 2.32 bits per heavy atom. The fraction of sp³-hybridized carbons (Fsp3) is 0.450. The second-order valence-electron chi connectivity index (χ2n) is 7.28. The van der Waals surface area contributed by atoms with Crippen LogP contribution in [-0.4, -0.2) is 85.1 Å². The number of nitrogens with zero attached hydrogens (tertiary/aromatic N) is 6. The van der Waals surface area contributed by atoms with Gasteiger partial charge in [-0.25, -0.2) is 9.97 Å². The first-order valence-electron chi connectivity index (χ1n) is 9.66. The van der Waals surface area contributed by atoms with E-state index in [-0.39, 0.29) is 5.91 Å². The van der Waals surface area contributed by atoms with E-state index in [0.717, 1.165) is 55.8 Å². The van der Waals surface area contributed by atoms with Crippen molar-refractivity contribution in [3.63, 3.8) is 0 Å². The van der Waals surface area contributed by atoms with Crippen LogP contribution in [0.25, 0.3) is 0 Å². The number of carbonyl (C=O) groups is 1. The lowest BCUT2D eigenvalue weighted by Gasteiger charge is -2.36. The fourth-order valence-electron chi connectivity index (χ4n) is 3.69. The summed E-state index contributed by atoms with van der Waals surface area (Å²) in [6, 6.07) is 9.66. The molecule has 2 aliphatic heterocycles. The average molecular weight is 401 g/mol. The van der Waals surface area contributed by atoms with Crippen LogP contribution in [0.3, 0.4) is 0 Å². The molecule has 2 aliphatic rings. The van der Waals surface area contributed by atoms with Crippen molar-refractivity contribution in [2.24, 2.45) is 0 Å². The van der Waals surface area contributed by atoms with E-state index in [1.807, 2.05) is 35.2 Å². The van der Waals surface area contributed by atoms with E-state index >= 15 is 0 Å². The number of benzene rings is 1. The van der Waals surface area contributed by atoms with Crippen molar-refractivity contribution in [1.29, 1.82) is 0 Å². The van der Waals surface area contributed by atoms with Gasteiger partial charge in [-0.3, -0.25) is 4.79 Å². The lowest BCUT2D eigenvalue weighted by Crippen LogP contribution is -2.49. The Kier molecular flexibility index (Phi) is 5.64. The molecular formula is C20H25ClN6O. The van der Waals surface area contributed by atoms with E-state index in [1.54, 1.807) is 0 Å². The molecule has 28 heavy (non-hydrogen) atoms. The number of carbonyl (C=O) groups excluding carboxylic acids is 1. The molecule has 8 heteroatoms. The molecule has 2 fully saturated rings. The van der Waals surface area contributed by atoms with Crippen LogP contribution in [-0.2, 0) is 0 Å². The SMILES string of the molecule is CN1CCN(c2cc(C(=O)N3CCN(c4ccccc4Cl)CC3)ncn2)CC1. The van der Waals surface area contributed by atoms with E-state index < -0.39 is 0 Å². The van der Waals surface area contributed by atoms with Crippen molar-refractivity contribution < 1.29 is 4.79 Å². The molecule has 1 aromatic heterocycles. The summed E-state index contributed by atoms with van der Waals surface area (Å²) in [5, 5.41) is 0.745. The highest BCUT2D eigenvalue weighted by Crippen LogP contribution is 2.26. The van der Waals surface area contributed by atoms with Crippen LogP contribution in [0.5, 0.6) is 0 Å². The lowest BCUT2D eigenvalue weighted by atomic mass is 10.2. The van der Waals surface area contributed by atoms with E-state index in [2.05, 4.69) is 31.7 Å². The van der Waals surface area contributed by atoms with Crippen LogP contribution >= 0.6 is 11.6 Å². The minimum Gasteiger partial charge on any atom is -0.367 e. The van der Waals surface area contributed by atoms with Gasteiger partial charge in [-0.2, -0.15) is 0 Å². The number of hydrogen-bond acceptors (Lipinski definition) is 6. The number of halogens is 1. The van der Waals surface area contributed by atoms with Crippen molar-refractivity contribution in [2.75, 3.05) is 69.2 Å². The molecule has 0 atom stereocenters. The first kappa shape index (κ1) is 19.0. The zero-order chi connectivity index (χ0) is 19.5. The predicted molar refractivity (Wildman–Crippen MR) is 111 cm³/mol. The topological polar surface area (TPSA) is 55.8 Å². The Balaban J connectivity index is 1.40. The number of likely N-dealkylation sites (N-methyl/N-ethyl adjacent to an activating group) is 1. The largest absolute Gasteiger partial charge is 0.367 e. The molecule has 2 aromatic rings. The lowest BCUT2D eigenvalue weighted by molar-refractivity contribution is 0.0740. The molecule has 4 rings (SSSR count). The third-order valence-electron chi connectivity index (χ3n) is 5.46. The van der Waals surface area contributed by atoms with Crippen LogP contribution in [0.2, 0.25) is 5.02 Å². The number of aromatic nitrogens is 2. The summed E-state index contributed by atoms with van der Waals surface area (Å²) < 4.78 is 0. The minimum absolute atomic E-state index is 0.0309. The smallest absolute Gasteiger partial charge is 0.272 e. The van der Waals surface area contributed by atoms with Gasteiger partial charge in [0.05, 0.1) is 10.7 Å². The number of rotatable bonds is 3. The average Bonchev–Trinajstić information content (AvgIpc) is 2.74. The highest BCUT2D eigenvalue weighted by molar-refractivity contribution is 6.33. The molecule has 1 aromatic carbocycles. The summed E-state index contributed by atoms with van der Waals surface area (Å²) in [5.41, 5.74) is 1.49. The summed E-state index contributed by atoms with van der Waals surface area (Å²) in [6.07, 6.45) is 1.50. The summed E-state index contributed by atoms with van der Waals surface area (Å²) in [5.74, 6) is 0.803. The number of anilines is 2. The summed E-state index contributed by atoms with van der Waals surface area (Å²) >= 11 is 6.31. The highest BCUT2D eigenvalue weighted by atomic mass is 35.5. The molecule has 0 aliphatic carbocycles. The van der Waals surface area contributed by atoms with E-state index in [9.17, 15) is 4.79 Å². The van der Waals surface area contributed by atoms with E-state index in [4.69, 9.17) is 11.6 Å². The highest BCUT2D eigenvalue weighted by Gasteiger charge is 2.25. The van der Waals surface area contributed by atoms with Gasteiger partial charge in [0.1, 0.15) is 17.8 Å². The van der Waals surface area contributed by atoms with Crippen molar-refractivity contribution in [3.05, 3.63) is 47.4 Å². The molecule has 1 amide bonds. The Morgan fingerprint density at radius 2 is 1.61 bits per heavy atom. The number of para-hydroxylation sites is 1. The van der Waals surface area contributed by atoms with Crippen molar-refractivity contribution in [2.45, 2.75) is 0 Å². The Bertz CT molecular complexity index is 831. The maximum Gasteiger partial charge on any atom is 0.272 e. The van der Waals surface area contributed by atoms with Gasteiger partial charge in [0.15, 0.2) is 0 Å². The van der Waals surface area contributed by atoms with Crippen molar-refractivity contribution >= 4 is 29.0 Å². The molecule has 0 spiro atoms. The van der Waals surface area contributed by atoms with Crippen LogP contribution < -0.4 is 9.80 Å². The van der Waals surface area contributed by atoms with Crippen LogP contribution in [0.1, 0.15) is 10.5 Å². The number of piperazine rings is 2. The molecule has 0 radical (unpaired) electrons. The molecule has 0 unspecified atom stereocenters. The van der Waals surface area contributed by atoms with Gasteiger partial charge in [0.25, 0.3) is 5.91 Å². The summed E-state index contributed by atoms with van der Waals surface area (Å²) in [7, 11) is 2.12. The first-order chi connectivity index (χ1) is 13.6. The number of hydrogen-bond donors (Lipinski definition) is 0. The van der Waals surface area contributed by atoms with E-state index in [1.165, 1.54) is 6.33 Å². The number of amides is 1. The molecule has 0 N–H and O–H groups in total. The first-order valence-corrected chi connectivity index (χ1v) is 10.0. The van der Waals surface area contributed by atoms with Gasteiger partial charge in [0.2, 0.25) is 0 Å². The van der Waals surface area contributed by atoms with Crippen molar-refractivity contribution in [1.82, 2.24) is 19.8 Å². The van der Waals surface area contributed by atoms with Gasteiger partial charge >= 0.3 is 0 Å². The van der Waals surface area contributed by atoms with Gasteiger partial charge in [-0.15, -0.1) is 0 Å². The minimum atomic E-state index is -0.0309. The Morgan fingerprint density at radius 1 is 0.929 bits per heavy atom. The zero-order valence-corrected chi connectivity index (χ0v) is 16.8. The van der Waals surface area contributed by atoms with Crippen LogP contribution in [0, 0.1) is 0 Å². The summed E-state index contributed by atoms with van der Waals surface area (Å²) in [6.45, 7) is 6.64. The molecule has 148 valence electrons. The third-order valence-corrected chi connectivity index (χ3v) is 5.78. The van der Waals surface area contributed by atoms with Gasteiger partial charge in [-0.05, 0) is 19.2 Å². The molecule has 7 nitrogen and oxygen atoms in total. The normalized spacial score (nSPS) is 18.4. The molecule has 2 saturated heterocycles. The molecule has 3 heterocycles. The maximum absolute atomic E-state index is 13.0. The Hall–Kier alpha value is -2.38. The standard InChI is InChI=1S/C20H25ClN6O/c1-24-6-8-26(9-7-24)19-14-17(22-15-23-19)20(28)27-12-10-25(11-13-27)18-5-3-2-4-16(18)21/h2-5,14-15H,6-13H2,1H3. The molecular weight excluding hydrogens is 376 g/mol. The molecule has 0 saturated carbocycles.